The quantitative estimate of drug-likeness (QED) is 0.700. The number of methoxy groups -OCH3 is 1. The highest BCUT2D eigenvalue weighted by molar-refractivity contribution is 5.94. The molecular formula is C20H26N4O3. The number of hydrogen-bond acceptors (Lipinski definition) is 4. The largest absolute Gasteiger partial charge is 0.495 e. The van der Waals surface area contributed by atoms with Crippen molar-refractivity contribution in [1.29, 1.82) is 0 Å². The molecule has 0 aliphatic rings. The van der Waals surface area contributed by atoms with Crippen LogP contribution in [0.5, 0.6) is 5.75 Å². The lowest BCUT2D eigenvalue weighted by atomic mass is 10.1. The first-order chi connectivity index (χ1) is 12.9. The normalized spacial score (nSPS) is 10.4. The molecule has 2 aromatic rings. The van der Waals surface area contributed by atoms with Crippen molar-refractivity contribution in [3.8, 4) is 5.75 Å². The Morgan fingerprint density at radius 2 is 1.78 bits per heavy atom. The summed E-state index contributed by atoms with van der Waals surface area (Å²) in [7, 11) is 5.55. The van der Waals surface area contributed by atoms with E-state index in [-0.39, 0.29) is 11.9 Å². The summed E-state index contributed by atoms with van der Waals surface area (Å²) in [6.45, 7) is 2.67. The van der Waals surface area contributed by atoms with Crippen LogP contribution in [0.25, 0.3) is 0 Å². The first-order valence-electron chi connectivity index (χ1n) is 8.60. The lowest BCUT2D eigenvalue weighted by Crippen LogP contribution is -2.28. The van der Waals surface area contributed by atoms with Gasteiger partial charge in [-0.1, -0.05) is 24.3 Å². The molecule has 0 heterocycles. The summed E-state index contributed by atoms with van der Waals surface area (Å²) >= 11 is 0. The molecule has 0 aromatic heterocycles. The maximum atomic E-state index is 12.3. The number of amides is 3. The smallest absolute Gasteiger partial charge is 0.319 e. The second-order valence-corrected chi connectivity index (χ2v) is 6.46. The van der Waals surface area contributed by atoms with E-state index in [1.54, 1.807) is 18.2 Å². The van der Waals surface area contributed by atoms with Crippen LogP contribution in [0.1, 0.15) is 18.1 Å². The van der Waals surface area contributed by atoms with Crippen molar-refractivity contribution in [3.63, 3.8) is 0 Å². The topological polar surface area (TPSA) is 82.7 Å². The first kappa shape index (κ1) is 20.3. The van der Waals surface area contributed by atoms with E-state index >= 15 is 0 Å². The zero-order valence-electron chi connectivity index (χ0n) is 16.1. The number of carbonyl (C=O) groups is 2. The molecule has 7 heteroatoms. The molecule has 0 aliphatic heterocycles. The zero-order valence-corrected chi connectivity index (χ0v) is 16.1. The van der Waals surface area contributed by atoms with Crippen molar-refractivity contribution in [1.82, 2.24) is 10.2 Å². The van der Waals surface area contributed by atoms with E-state index < -0.39 is 0 Å². The third kappa shape index (κ3) is 6.63. The fourth-order valence-corrected chi connectivity index (χ4v) is 2.64. The molecule has 144 valence electrons. The van der Waals surface area contributed by atoms with Gasteiger partial charge in [0, 0.05) is 25.7 Å². The molecule has 0 spiro atoms. The number of nitrogens with one attached hydrogen (secondary N) is 3. The monoisotopic (exact) mass is 370 g/mol. The molecule has 2 rings (SSSR count). The lowest BCUT2D eigenvalue weighted by molar-refractivity contribution is -0.114. The summed E-state index contributed by atoms with van der Waals surface area (Å²) in [6.07, 6.45) is 0. The van der Waals surface area contributed by atoms with Crippen LogP contribution in [0.4, 0.5) is 16.2 Å². The average molecular weight is 370 g/mol. The fraction of sp³-hybridized carbons (Fsp3) is 0.300. The molecule has 3 N–H and O–H groups in total. The van der Waals surface area contributed by atoms with Crippen LogP contribution in [0.15, 0.2) is 42.5 Å². The number of nitrogens with zero attached hydrogens (tertiary/aromatic N) is 1. The molecule has 3 amide bonds. The standard InChI is InChI=1S/C20H26N4O3/c1-14(25)22-17-8-9-19(27-4)18(11-17)23-20(26)21-12-15-6-5-7-16(10-15)13-24(2)3/h5-11H,12-13H2,1-4H3,(H,22,25)(H2,21,23,26). The van der Waals surface area contributed by atoms with Crippen LogP contribution in [0.3, 0.4) is 0 Å². The average Bonchev–Trinajstić information content (AvgIpc) is 2.59. The van der Waals surface area contributed by atoms with Crippen LogP contribution in [0, 0.1) is 0 Å². The predicted molar refractivity (Wildman–Crippen MR) is 107 cm³/mol. The SMILES string of the molecule is COc1ccc(NC(C)=O)cc1NC(=O)NCc1cccc(CN(C)C)c1. The van der Waals surface area contributed by atoms with Gasteiger partial charge in [0.15, 0.2) is 0 Å². The Labute approximate surface area is 159 Å². The first-order valence-corrected chi connectivity index (χ1v) is 8.60. The number of benzene rings is 2. The summed E-state index contributed by atoms with van der Waals surface area (Å²) in [4.78, 5) is 25.6. The highest BCUT2D eigenvalue weighted by Gasteiger charge is 2.09. The summed E-state index contributed by atoms with van der Waals surface area (Å²) in [6, 6.07) is 12.8. The minimum absolute atomic E-state index is 0.187. The molecule has 2 aromatic carbocycles. The Kier molecular flexibility index (Phi) is 7.19. The Balaban J connectivity index is 2.00. The number of rotatable bonds is 7. The molecule has 0 bridgehead atoms. The van der Waals surface area contributed by atoms with Crippen LogP contribution >= 0.6 is 0 Å². The summed E-state index contributed by atoms with van der Waals surface area (Å²) in [5.41, 5.74) is 3.26. The van der Waals surface area contributed by atoms with Crippen molar-refractivity contribution in [2.24, 2.45) is 0 Å². The van der Waals surface area contributed by atoms with Crippen LogP contribution in [0.2, 0.25) is 0 Å². The van der Waals surface area contributed by atoms with Crippen molar-refractivity contribution in [3.05, 3.63) is 53.6 Å². The van der Waals surface area contributed by atoms with E-state index in [9.17, 15) is 9.59 Å². The van der Waals surface area contributed by atoms with Crippen LogP contribution in [-0.2, 0) is 17.9 Å². The molecular weight excluding hydrogens is 344 g/mol. The third-order valence-corrected chi connectivity index (χ3v) is 3.71. The number of anilines is 2. The summed E-state index contributed by atoms with van der Waals surface area (Å²) < 4.78 is 5.26. The highest BCUT2D eigenvalue weighted by Crippen LogP contribution is 2.27. The predicted octanol–water partition coefficient (Wildman–Crippen LogP) is 3.04. The number of urea groups is 1. The fourth-order valence-electron chi connectivity index (χ4n) is 2.64. The second kappa shape index (κ2) is 9.59. The van der Waals surface area contributed by atoms with Gasteiger partial charge in [-0.15, -0.1) is 0 Å². The van der Waals surface area contributed by atoms with E-state index in [0.29, 0.717) is 23.7 Å². The minimum atomic E-state index is -0.355. The molecule has 0 radical (unpaired) electrons. The number of carbonyl (C=O) groups excluding carboxylic acids is 2. The lowest BCUT2D eigenvalue weighted by Gasteiger charge is -2.14. The van der Waals surface area contributed by atoms with E-state index in [0.717, 1.165) is 12.1 Å². The molecule has 7 nitrogen and oxygen atoms in total. The van der Waals surface area contributed by atoms with Crippen molar-refractivity contribution < 1.29 is 14.3 Å². The van der Waals surface area contributed by atoms with Crippen molar-refractivity contribution >= 4 is 23.3 Å². The Bertz CT molecular complexity index is 806. The Hall–Kier alpha value is -3.06. The van der Waals surface area contributed by atoms with Gasteiger partial charge in [-0.3, -0.25) is 4.79 Å². The molecule has 27 heavy (non-hydrogen) atoms. The Morgan fingerprint density at radius 1 is 1.04 bits per heavy atom. The second-order valence-electron chi connectivity index (χ2n) is 6.46. The molecule has 0 saturated heterocycles. The highest BCUT2D eigenvalue weighted by atomic mass is 16.5. The van der Waals surface area contributed by atoms with Gasteiger partial charge in [0.1, 0.15) is 5.75 Å². The number of ether oxygens (including phenoxy) is 1. The van der Waals surface area contributed by atoms with Crippen molar-refractivity contribution in [2.45, 2.75) is 20.0 Å². The van der Waals surface area contributed by atoms with Gasteiger partial charge in [-0.2, -0.15) is 0 Å². The van der Waals surface area contributed by atoms with Gasteiger partial charge < -0.3 is 25.6 Å². The van der Waals surface area contributed by atoms with Crippen LogP contribution < -0.4 is 20.7 Å². The molecule has 0 saturated carbocycles. The zero-order chi connectivity index (χ0) is 19.8. The maximum Gasteiger partial charge on any atom is 0.319 e. The maximum absolute atomic E-state index is 12.3. The van der Waals surface area contributed by atoms with Gasteiger partial charge in [0.25, 0.3) is 0 Å². The molecule has 0 atom stereocenters. The third-order valence-electron chi connectivity index (χ3n) is 3.71. The van der Waals surface area contributed by atoms with Gasteiger partial charge in [-0.05, 0) is 43.4 Å². The van der Waals surface area contributed by atoms with Crippen LogP contribution in [-0.4, -0.2) is 38.0 Å². The van der Waals surface area contributed by atoms with Gasteiger partial charge >= 0.3 is 6.03 Å². The Morgan fingerprint density at radius 3 is 2.44 bits per heavy atom. The number of hydrogen-bond donors (Lipinski definition) is 3. The molecule has 0 aliphatic carbocycles. The van der Waals surface area contributed by atoms with Gasteiger partial charge in [-0.25, -0.2) is 4.79 Å². The summed E-state index contributed by atoms with van der Waals surface area (Å²) in [5.74, 6) is 0.320. The van der Waals surface area contributed by atoms with Gasteiger partial charge in [0.2, 0.25) is 5.91 Å². The molecule has 0 fully saturated rings. The van der Waals surface area contributed by atoms with E-state index in [1.807, 2.05) is 26.2 Å². The van der Waals surface area contributed by atoms with E-state index in [2.05, 4.69) is 33.0 Å². The van der Waals surface area contributed by atoms with Crippen molar-refractivity contribution in [2.75, 3.05) is 31.8 Å². The summed E-state index contributed by atoms with van der Waals surface area (Å²) in [5, 5.41) is 8.27. The minimum Gasteiger partial charge on any atom is -0.495 e. The van der Waals surface area contributed by atoms with E-state index in [1.165, 1.54) is 19.6 Å². The molecule has 0 unspecified atom stereocenters. The van der Waals surface area contributed by atoms with Gasteiger partial charge in [0.05, 0.1) is 12.8 Å². The van der Waals surface area contributed by atoms with E-state index in [4.69, 9.17) is 4.74 Å².